The van der Waals surface area contributed by atoms with Crippen LogP contribution in [0.15, 0.2) is 0 Å². The van der Waals surface area contributed by atoms with Gasteiger partial charge in [-0.25, -0.2) is 9.69 Å². The first-order chi connectivity index (χ1) is 8.45. The molecule has 9 nitrogen and oxygen atoms in total. The molecule has 0 bridgehead atoms. The van der Waals surface area contributed by atoms with Gasteiger partial charge in [0.1, 0.15) is 24.7 Å². The molecular weight excluding hydrogens is 248 g/mol. The molecule has 9 heteroatoms. The van der Waals surface area contributed by atoms with E-state index in [4.69, 9.17) is 9.84 Å². The van der Waals surface area contributed by atoms with Crippen molar-refractivity contribution in [2.45, 2.75) is 31.0 Å². The second-order valence-corrected chi connectivity index (χ2v) is 4.02. The van der Waals surface area contributed by atoms with Crippen LogP contribution in [-0.2, 0) is 14.3 Å². The lowest BCUT2D eigenvalue weighted by atomic mass is 10.1. The molecule has 4 atom stereocenters. The summed E-state index contributed by atoms with van der Waals surface area (Å²) >= 11 is 0. The van der Waals surface area contributed by atoms with Crippen molar-refractivity contribution >= 4 is 17.8 Å². The fourth-order valence-electron chi connectivity index (χ4n) is 1.91. The monoisotopic (exact) mass is 260 g/mol. The SMILES string of the molecule is O=C1CC(=O)N(C2OC(CO)C(O)C2O)C(=O)N1. The Morgan fingerprint density at radius 1 is 1.28 bits per heavy atom. The van der Waals surface area contributed by atoms with E-state index in [1.165, 1.54) is 0 Å². The molecular formula is C9H12N2O7. The van der Waals surface area contributed by atoms with Crippen molar-refractivity contribution < 1.29 is 34.4 Å². The van der Waals surface area contributed by atoms with Crippen molar-refractivity contribution in [2.24, 2.45) is 0 Å². The van der Waals surface area contributed by atoms with Gasteiger partial charge in [0.05, 0.1) is 6.61 Å². The van der Waals surface area contributed by atoms with Gasteiger partial charge >= 0.3 is 6.03 Å². The van der Waals surface area contributed by atoms with Crippen LogP contribution in [0, 0.1) is 0 Å². The number of nitrogens with zero attached hydrogens (tertiary/aromatic N) is 1. The van der Waals surface area contributed by atoms with Gasteiger partial charge in [0.25, 0.3) is 0 Å². The average Bonchev–Trinajstić information content (AvgIpc) is 2.56. The lowest BCUT2D eigenvalue weighted by Gasteiger charge is -2.30. The van der Waals surface area contributed by atoms with Crippen molar-refractivity contribution in [3.8, 4) is 0 Å². The third kappa shape index (κ3) is 1.97. The Kier molecular flexibility index (Phi) is 3.30. The van der Waals surface area contributed by atoms with E-state index in [-0.39, 0.29) is 0 Å². The van der Waals surface area contributed by atoms with Crippen LogP contribution in [0.1, 0.15) is 6.42 Å². The highest BCUT2D eigenvalue weighted by molar-refractivity contribution is 6.14. The smallest absolute Gasteiger partial charge is 0.333 e. The number of aliphatic hydroxyl groups is 3. The standard InChI is InChI=1S/C9H12N2O7/c12-2-3-6(15)7(16)8(18-3)11-5(14)1-4(13)10-9(11)17/h3,6-8,12,15-16H,1-2H2,(H,10,13,17). The Bertz CT molecular complexity index is 378. The average molecular weight is 260 g/mol. The Balaban J connectivity index is 2.19. The number of nitrogens with one attached hydrogen (secondary N) is 1. The van der Waals surface area contributed by atoms with E-state index in [9.17, 15) is 24.6 Å². The molecule has 2 rings (SSSR count). The molecule has 2 aliphatic rings. The molecule has 18 heavy (non-hydrogen) atoms. The second kappa shape index (κ2) is 4.61. The van der Waals surface area contributed by atoms with Crippen molar-refractivity contribution in [1.29, 1.82) is 0 Å². The van der Waals surface area contributed by atoms with Gasteiger partial charge in [0, 0.05) is 0 Å². The van der Waals surface area contributed by atoms with Gasteiger partial charge in [-0.05, 0) is 0 Å². The number of carbonyl (C=O) groups excluding carboxylic acids is 3. The zero-order chi connectivity index (χ0) is 13.4. The Hall–Kier alpha value is -1.55. The normalized spacial score (nSPS) is 37.1. The summed E-state index contributed by atoms with van der Waals surface area (Å²) in [6.07, 6.45) is -6.01. The summed E-state index contributed by atoms with van der Waals surface area (Å²) < 4.78 is 5.03. The van der Waals surface area contributed by atoms with Crippen LogP contribution < -0.4 is 5.32 Å². The number of hydrogen-bond acceptors (Lipinski definition) is 7. The quantitative estimate of drug-likeness (QED) is 0.386. The van der Waals surface area contributed by atoms with Gasteiger partial charge in [-0.2, -0.15) is 0 Å². The zero-order valence-electron chi connectivity index (χ0n) is 9.15. The fraction of sp³-hybridized carbons (Fsp3) is 0.667. The summed E-state index contributed by atoms with van der Waals surface area (Å²) in [7, 11) is 0. The molecule has 0 radical (unpaired) electrons. The molecule has 2 saturated heterocycles. The van der Waals surface area contributed by atoms with Crippen LogP contribution in [-0.4, -0.2) is 69.2 Å². The number of rotatable bonds is 2. The molecule has 0 saturated carbocycles. The van der Waals surface area contributed by atoms with E-state index in [1.807, 2.05) is 5.32 Å². The summed E-state index contributed by atoms with van der Waals surface area (Å²) in [5.41, 5.74) is 0. The van der Waals surface area contributed by atoms with Gasteiger partial charge in [-0.1, -0.05) is 0 Å². The molecule has 0 spiro atoms. The maximum atomic E-state index is 11.6. The highest BCUT2D eigenvalue weighted by Crippen LogP contribution is 2.25. The van der Waals surface area contributed by atoms with E-state index in [0.717, 1.165) is 0 Å². The number of amides is 4. The van der Waals surface area contributed by atoms with E-state index in [0.29, 0.717) is 4.90 Å². The van der Waals surface area contributed by atoms with Gasteiger partial charge < -0.3 is 20.1 Å². The number of carbonyl (C=O) groups is 3. The van der Waals surface area contributed by atoms with Crippen LogP contribution >= 0.6 is 0 Å². The lowest BCUT2D eigenvalue weighted by molar-refractivity contribution is -0.150. The molecule has 2 fully saturated rings. The molecule has 4 unspecified atom stereocenters. The number of aliphatic hydroxyl groups excluding tert-OH is 3. The Morgan fingerprint density at radius 2 is 1.94 bits per heavy atom. The van der Waals surface area contributed by atoms with Gasteiger partial charge in [0.15, 0.2) is 6.23 Å². The van der Waals surface area contributed by atoms with Crippen molar-refractivity contribution in [3.63, 3.8) is 0 Å². The summed E-state index contributed by atoms with van der Waals surface area (Å²) in [4.78, 5) is 34.5. The first-order valence-corrected chi connectivity index (χ1v) is 5.24. The minimum absolute atomic E-state index is 0.533. The first-order valence-electron chi connectivity index (χ1n) is 5.24. The number of barbiturate groups is 1. The molecule has 100 valence electrons. The molecule has 0 aromatic rings. The molecule has 4 amide bonds. The first kappa shape index (κ1) is 12.9. The lowest BCUT2D eigenvalue weighted by Crippen LogP contribution is -2.59. The minimum Gasteiger partial charge on any atom is -0.394 e. The Morgan fingerprint density at radius 3 is 2.44 bits per heavy atom. The van der Waals surface area contributed by atoms with Crippen molar-refractivity contribution in [3.05, 3.63) is 0 Å². The number of hydrogen-bond donors (Lipinski definition) is 4. The molecule has 0 aromatic heterocycles. The third-order valence-corrected chi connectivity index (χ3v) is 2.82. The summed E-state index contributed by atoms with van der Waals surface area (Å²) in [5, 5.41) is 30.0. The highest BCUT2D eigenvalue weighted by Gasteiger charge is 2.50. The predicted octanol–water partition coefficient (Wildman–Crippen LogP) is -3.11. The topological polar surface area (TPSA) is 136 Å². The molecule has 0 aromatic carbocycles. The van der Waals surface area contributed by atoms with Gasteiger partial charge in [-0.3, -0.25) is 14.9 Å². The maximum absolute atomic E-state index is 11.6. The molecule has 4 N–H and O–H groups in total. The molecule has 2 heterocycles. The van der Waals surface area contributed by atoms with E-state index in [2.05, 4.69) is 0 Å². The van der Waals surface area contributed by atoms with Crippen LogP contribution in [0.3, 0.4) is 0 Å². The molecule has 2 aliphatic heterocycles. The third-order valence-electron chi connectivity index (χ3n) is 2.82. The van der Waals surface area contributed by atoms with Crippen LogP contribution in [0.4, 0.5) is 4.79 Å². The fourth-order valence-corrected chi connectivity index (χ4v) is 1.91. The largest absolute Gasteiger partial charge is 0.394 e. The van der Waals surface area contributed by atoms with E-state index in [1.54, 1.807) is 0 Å². The van der Waals surface area contributed by atoms with Crippen LogP contribution in [0.2, 0.25) is 0 Å². The van der Waals surface area contributed by atoms with Crippen LogP contribution in [0.5, 0.6) is 0 Å². The minimum atomic E-state index is -1.54. The van der Waals surface area contributed by atoms with Crippen molar-refractivity contribution in [2.75, 3.05) is 6.61 Å². The zero-order valence-corrected chi connectivity index (χ0v) is 9.15. The Labute approximate surface area is 101 Å². The number of imide groups is 2. The predicted molar refractivity (Wildman–Crippen MR) is 52.8 cm³/mol. The molecule has 0 aliphatic carbocycles. The summed E-state index contributed by atoms with van der Waals surface area (Å²) in [6.45, 7) is -0.572. The van der Waals surface area contributed by atoms with E-state index >= 15 is 0 Å². The number of urea groups is 1. The highest BCUT2D eigenvalue weighted by atomic mass is 16.6. The van der Waals surface area contributed by atoms with Gasteiger partial charge in [-0.15, -0.1) is 0 Å². The second-order valence-electron chi connectivity index (χ2n) is 4.02. The summed E-state index contributed by atoms with van der Waals surface area (Å²) in [6, 6.07) is -1.02. The maximum Gasteiger partial charge on any atom is 0.333 e. The van der Waals surface area contributed by atoms with Crippen LogP contribution in [0.25, 0.3) is 0 Å². The van der Waals surface area contributed by atoms with Crippen molar-refractivity contribution in [1.82, 2.24) is 10.2 Å². The number of ether oxygens (including phenoxy) is 1. The van der Waals surface area contributed by atoms with E-state index < -0.39 is 55.4 Å². The summed E-state index contributed by atoms with van der Waals surface area (Å²) in [5.74, 6) is -1.58. The van der Waals surface area contributed by atoms with Gasteiger partial charge in [0.2, 0.25) is 11.8 Å².